The van der Waals surface area contributed by atoms with Crippen LogP contribution in [0.25, 0.3) is 0 Å². The molecule has 0 aliphatic carbocycles. The maximum atomic E-state index is 6.99. The van der Waals surface area contributed by atoms with E-state index in [1.807, 2.05) is 0 Å². The van der Waals surface area contributed by atoms with Gasteiger partial charge < -0.3 is 5.41 Å². The molecule has 0 aromatic rings. The summed E-state index contributed by atoms with van der Waals surface area (Å²) in [5.74, 6) is 1.45. The largest absolute Gasteiger partial charge is 0.313 e. The highest BCUT2D eigenvalue weighted by Crippen LogP contribution is 2.07. The van der Waals surface area contributed by atoms with Gasteiger partial charge in [0.2, 0.25) is 0 Å². The van der Waals surface area contributed by atoms with Crippen molar-refractivity contribution in [2.24, 2.45) is 5.92 Å². The van der Waals surface area contributed by atoms with Crippen molar-refractivity contribution in [2.45, 2.75) is 26.2 Å². The van der Waals surface area contributed by atoms with Gasteiger partial charge in [0.15, 0.2) is 0 Å². The van der Waals surface area contributed by atoms with E-state index in [-0.39, 0.29) is 0 Å². The predicted molar refractivity (Wildman–Crippen MR) is 45.7 cm³/mol. The Labute approximate surface area is 62.8 Å². The standard InChI is InChI=1S/C7H15NS/c1-2-7(6-8)4-3-5-9/h6-9H,2-5H2,1H3. The molecule has 54 valence electrons. The van der Waals surface area contributed by atoms with E-state index in [0.717, 1.165) is 25.0 Å². The van der Waals surface area contributed by atoms with Gasteiger partial charge in [-0.25, -0.2) is 0 Å². The van der Waals surface area contributed by atoms with Crippen molar-refractivity contribution in [3.05, 3.63) is 0 Å². The molecule has 0 aliphatic rings. The van der Waals surface area contributed by atoms with Crippen LogP contribution >= 0.6 is 12.6 Å². The second-order valence-electron chi connectivity index (χ2n) is 2.20. The molecule has 0 saturated heterocycles. The van der Waals surface area contributed by atoms with Crippen LogP contribution in [0, 0.1) is 11.3 Å². The molecule has 1 unspecified atom stereocenters. The second-order valence-corrected chi connectivity index (χ2v) is 2.65. The SMILES string of the molecule is CCC(C=N)CCCS. The highest BCUT2D eigenvalue weighted by Gasteiger charge is 1.98. The maximum absolute atomic E-state index is 6.99. The minimum Gasteiger partial charge on any atom is -0.313 e. The number of nitrogens with one attached hydrogen (secondary N) is 1. The van der Waals surface area contributed by atoms with Gasteiger partial charge in [0, 0.05) is 0 Å². The van der Waals surface area contributed by atoms with Gasteiger partial charge in [-0.1, -0.05) is 6.92 Å². The molecule has 0 amide bonds. The van der Waals surface area contributed by atoms with E-state index in [9.17, 15) is 0 Å². The summed E-state index contributed by atoms with van der Waals surface area (Å²) in [6, 6.07) is 0. The molecule has 0 aliphatic heterocycles. The van der Waals surface area contributed by atoms with E-state index in [0.29, 0.717) is 5.92 Å². The van der Waals surface area contributed by atoms with E-state index in [1.54, 1.807) is 6.21 Å². The molecule has 0 heterocycles. The molecule has 1 N–H and O–H groups in total. The van der Waals surface area contributed by atoms with E-state index in [2.05, 4.69) is 19.6 Å². The van der Waals surface area contributed by atoms with Gasteiger partial charge in [0.1, 0.15) is 0 Å². The number of thiol groups is 1. The molecule has 2 heteroatoms. The molecule has 0 saturated carbocycles. The molecular formula is C7H15NS. The van der Waals surface area contributed by atoms with Gasteiger partial charge in [-0.3, -0.25) is 0 Å². The van der Waals surface area contributed by atoms with Gasteiger partial charge >= 0.3 is 0 Å². The molecule has 9 heavy (non-hydrogen) atoms. The van der Waals surface area contributed by atoms with Crippen molar-refractivity contribution in [3.63, 3.8) is 0 Å². The number of hydrogen-bond acceptors (Lipinski definition) is 2. The van der Waals surface area contributed by atoms with Crippen LogP contribution in [-0.4, -0.2) is 12.0 Å². The lowest BCUT2D eigenvalue weighted by atomic mass is 10.0. The molecular weight excluding hydrogens is 130 g/mol. The fourth-order valence-electron chi connectivity index (χ4n) is 0.759. The predicted octanol–water partition coefficient (Wildman–Crippen LogP) is 2.37. The summed E-state index contributed by atoms with van der Waals surface area (Å²) in [4.78, 5) is 0. The van der Waals surface area contributed by atoms with Crippen molar-refractivity contribution < 1.29 is 0 Å². The lowest BCUT2D eigenvalue weighted by Crippen LogP contribution is -1.99. The van der Waals surface area contributed by atoms with Crippen LogP contribution in [0.2, 0.25) is 0 Å². The fraction of sp³-hybridized carbons (Fsp3) is 0.857. The first-order valence-electron chi connectivity index (χ1n) is 3.46. The van der Waals surface area contributed by atoms with Gasteiger partial charge in [0.25, 0.3) is 0 Å². The van der Waals surface area contributed by atoms with Crippen LogP contribution in [0.1, 0.15) is 26.2 Å². The summed E-state index contributed by atoms with van der Waals surface area (Å²) < 4.78 is 0. The molecule has 1 atom stereocenters. The molecule has 0 aromatic carbocycles. The molecule has 0 fully saturated rings. The zero-order valence-electron chi connectivity index (χ0n) is 5.93. The van der Waals surface area contributed by atoms with Crippen LogP contribution in [0.4, 0.5) is 0 Å². The van der Waals surface area contributed by atoms with E-state index >= 15 is 0 Å². The summed E-state index contributed by atoms with van der Waals surface area (Å²) in [6.45, 7) is 2.12. The smallest absolute Gasteiger partial charge is 0.00168 e. The summed E-state index contributed by atoms with van der Waals surface area (Å²) in [5, 5.41) is 6.99. The molecule has 0 aromatic heterocycles. The van der Waals surface area contributed by atoms with Crippen LogP contribution in [0.15, 0.2) is 0 Å². The van der Waals surface area contributed by atoms with E-state index in [4.69, 9.17) is 5.41 Å². The van der Waals surface area contributed by atoms with Crippen molar-refractivity contribution in [2.75, 3.05) is 5.75 Å². The van der Waals surface area contributed by atoms with Crippen molar-refractivity contribution >= 4 is 18.8 Å². The van der Waals surface area contributed by atoms with Crippen molar-refractivity contribution in [3.8, 4) is 0 Å². The average Bonchev–Trinajstić information content (AvgIpc) is 1.91. The minimum absolute atomic E-state index is 0.497. The Kier molecular flexibility index (Phi) is 6.16. The monoisotopic (exact) mass is 145 g/mol. The Bertz CT molecular complexity index is 73.3. The van der Waals surface area contributed by atoms with Gasteiger partial charge in [-0.05, 0) is 37.1 Å². The third-order valence-electron chi connectivity index (χ3n) is 1.49. The first kappa shape index (κ1) is 9.02. The van der Waals surface area contributed by atoms with Crippen LogP contribution in [-0.2, 0) is 0 Å². The third kappa shape index (κ3) is 4.52. The second kappa shape index (κ2) is 6.14. The summed E-state index contributed by atoms with van der Waals surface area (Å²) in [5.41, 5.74) is 0. The number of hydrogen-bond donors (Lipinski definition) is 2. The van der Waals surface area contributed by atoms with Gasteiger partial charge in [-0.15, -0.1) is 0 Å². The van der Waals surface area contributed by atoms with E-state index in [1.165, 1.54) is 0 Å². The lowest BCUT2D eigenvalue weighted by Gasteiger charge is -2.04. The zero-order chi connectivity index (χ0) is 7.11. The molecule has 0 rings (SSSR count). The van der Waals surface area contributed by atoms with Crippen LogP contribution < -0.4 is 0 Å². The molecule has 0 radical (unpaired) electrons. The zero-order valence-corrected chi connectivity index (χ0v) is 6.82. The quantitative estimate of drug-likeness (QED) is 0.438. The summed E-state index contributed by atoms with van der Waals surface area (Å²) in [6.07, 6.45) is 4.90. The summed E-state index contributed by atoms with van der Waals surface area (Å²) in [7, 11) is 0. The Hall–Kier alpha value is 0.0200. The maximum Gasteiger partial charge on any atom is -0.00168 e. The average molecular weight is 145 g/mol. The van der Waals surface area contributed by atoms with Gasteiger partial charge in [-0.2, -0.15) is 12.6 Å². The minimum atomic E-state index is 0.497. The Morgan fingerprint density at radius 3 is 2.67 bits per heavy atom. The third-order valence-corrected chi connectivity index (χ3v) is 1.81. The first-order chi connectivity index (χ1) is 4.35. The Balaban J connectivity index is 3.20. The van der Waals surface area contributed by atoms with Crippen molar-refractivity contribution in [1.29, 1.82) is 5.41 Å². The van der Waals surface area contributed by atoms with Crippen molar-refractivity contribution in [1.82, 2.24) is 0 Å². The molecule has 0 spiro atoms. The fourth-order valence-corrected chi connectivity index (χ4v) is 0.941. The van der Waals surface area contributed by atoms with Gasteiger partial charge in [0.05, 0.1) is 0 Å². The lowest BCUT2D eigenvalue weighted by molar-refractivity contribution is 0.606. The molecule has 1 nitrogen and oxygen atoms in total. The van der Waals surface area contributed by atoms with E-state index < -0.39 is 0 Å². The van der Waals surface area contributed by atoms with Crippen LogP contribution in [0.3, 0.4) is 0 Å². The molecule has 0 bridgehead atoms. The highest BCUT2D eigenvalue weighted by molar-refractivity contribution is 7.80. The first-order valence-corrected chi connectivity index (χ1v) is 4.09. The summed E-state index contributed by atoms with van der Waals surface area (Å²) >= 11 is 4.10. The Morgan fingerprint density at radius 2 is 2.33 bits per heavy atom. The topological polar surface area (TPSA) is 23.9 Å². The number of rotatable bonds is 5. The normalized spacial score (nSPS) is 13.1. The Morgan fingerprint density at radius 1 is 1.67 bits per heavy atom. The van der Waals surface area contributed by atoms with Crippen LogP contribution in [0.5, 0.6) is 0 Å². The highest BCUT2D eigenvalue weighted by atomic mass is 32.1.